The van der Waals surface area contributed by atoms with Crippen LogP contribution < -0.4 is 5.32 Å². The Morgan fingerprint density at radius 2 is 2.32 bits per heavy atom. The van der Waals surface area contributed by atoms with Crippen molar-refractivity contribution in [2.24, 2.45) is 0 Å². The summed E-state index contributed by atoms with van der Waals surface area (Å²) in [5.41, 5.74) is 2.13. The minimum absolute atomic E-state index is 0.0194. The van der Waals surface area contributed by atoms with Crippen LogP contribution in [-0.2, 0) is 0 Å². The molecule has 1 aromatic rings. The maximum absolute atomic E-state index is 12.6. The summed E-state index contributed by atoms with van der Waals surface area (Å²) in [7, 11) is 0. The molecule has 3 N–H and O–H groups in total. The van der Waals surface area contributed by atoms with Gasteiger partial charge in [0.25, 0.3) is 5.91 Å². The van der Waals surface area contributed by atoms with Crippen LogP contribution in [0.1, 0.15) is 34.6 Å². The molecular weight excluding hydrogens is 244 g/mol. The van der Waals surface area contributed by atoms with Crippen molar-refractivity contribution in [3.8, 4) is 0 Å². The normalized spacial score (nSPS) is 18.8. The molecule has 0 aromatic carbocycles. The second kappa shape index (κ2) is 6.16. The number of carbonyl (C=O) groups is 1. The zero-order chi connectivity index (χ0) is 13.8. The van der Waals surface area contributed by atoms with Crippen molar-refractivity contribution in [1.82, 2.24) is 20.4 Å². The van der Waals surface area contributed by atoms with Gasteiger partial charge < -0.3 is 15.3 Å². The van der Waals surface area contributed by atoms with Crippen molar-refractivity contribution < 1.29 is 9.90 Å². The van der Waals surface area contributed by atoms with Crippen LogP contribution >= 0.6 is 0 Å². The number of amides is 1. The van der Waals surface area contributed by atoms with Crippen LogP contribution in [0, 0.1) is 13.8 Å². The second-order valence-electron chi connectivity index (χ2n) is 5.08. The summed E-state index contributed by atoms with van der Waals surface area (Å²) < 4.78 is 0. The van der Waals surface area contributed by atoms with Gasteiger partial charge in [-0.25, -0.2) is 0 Å². The van der Waals surface area contributed by atoms with Crippen LogP contribution in [0.2, 0.25) is 0 Å². The van der Waals surface area contributed by atoms with Crippen LogP contribution in [0.3, 0.4) is 0 Å². The SMILES string of the molecule is Cc1n[nH]c(C)c1C(=O)N(CCO)CC1CCCN1. The lowest BCUT2D eigenvalue weighted by atomic mass is 10.1. The maximum atomic E-state index is 12.6. The largest absolute Gasteiger partial charge is 0.395 e. The van der Waals surface area contributed by atoms with E-state index in [1.54, 1.807) is 4.90 Å². The first-order valence-electron chi connectivity index (χ1n) is 6.78. The van der Waals surface area contributed by atoms with Gasteiger partial charge in [0.15, 0.2) is 0 Å². The van der Waals surface area contributed by atoms with Gasteiger partial charge in [-0.15, -0.1) is 0 Å². The first kappa shape index (κ1) is 14.0. The van der Waals surface area contributed by atoms with E-state index >= 15 is 0 Å². The monoisotopic (exact) mass is 266 g/mol. The molecule has 1 atom stereocenters. The van der Waals surface area contributed by atoms with Gasteiger partial charge in [-0.1, -0.05) is 0 Å². The van der Waals surface area contributed by atoms with Gasteiger partial charge in [0.05, 0.1) is 17.9 Å². The molecule has 0 saturated carbocycles. The molecule has 1 saturated heterocycles. The zero-order valence-electron chi connectivity index (χ0n) is 11.6. The Labute approximate surface area is 113 Å². The van der Waals surface area contributed by atoms with Gasteiger partial charge in [-0.05, 0) is 33.2 Å². The molecule has 6 nitrogen and oxygen atoms in total. The third kappa shape index (κ3) is 3.13. The first-order chi connectivity index (χ1) is 9.13. The predicted octanol–water partition coefficient (Wildman–Crippen LogP) is 0.213. The molecule has 0 spiro atoms. The number of aryl methyl sites for hydroxylation is 2. The van der Waals surface area contributed by atoms with Gasteiger partial charge in [0.1, 0.15) is 0 Å². The fraction of sp³-hybridized carbons (Fsp3) is 0.692. The maximum Gasteiger partial charge on any atom is 0.257 e. The van der Waals surface area contributed by atoms with Crippen molar-refractivity contribution in [2.45, 2.75) is 32.7 Å². The quantitative estimate of drug-likeness (QED) is 0.712. The smallest absolute Gasteiger partial charge is 0.257 e. The Kier molecular flexibility index (Phi) is 4.55. The van der Waals surface area contributed by atoms with Crippen LogP contribution in [0.25, 0.3) is 0 Å². The molecule has 1 amide bonds. The summed E-state index contributed by atoms with van der Waals surface area (Å²) in [6.07, 6.45) is 2.23. The molecule has 1 unspecified atom stereocenters. The molecule has 0 radical (unpaired) electrons. The molecule has 0 bridgehead atoms. The number of hydrogen-bond acceptors (Lipinski definition) is 4. The van der Waals surface area contributed by atoms with Gasteiger partial charge >= 0.3 is 0 Å². The molecule has 2 heterocycles. The number of nitrogens with zero attached hydrogens (tertiary/aromatic N) is 2. The van der Waals surface area contributed by atoms with Gasteiger partial charge in [-0.3, -0.25) is 9.89 Å². The van der Waals surface area contributed by atoms with Crippen molar-refractivity contribution >= 4 is 5.91 Å². The van der Waals surface area contributed by atoms with E-state index in [2.05, 4.69) is 15.5 Å². The van der Waals surface area contributed by atoms with Crippen molar-refractivity contribution in [1.29, 1.82) is 0 Å². The fourth-order valence-corrected chi connectivity index (χ4v) is 2.60. The van der Waals surface area contributed by atoms with Gasteiger partial charge in [0, 0.05) is 24.8 Å². The van der Waals surface area contributed by atoms with E-state index in [1.165, 1.54) is 0 Å². The summed E-state index contributed by atoms with van der Waals surface area (Å²) >= 11 is 0. The molecule has 1 aliphatic heterocycles. The van der Waals surface area contributed by atoms with Crippen LogP contribution in [-0.4, -0.2) is 58.4 Å². The third-order valence-electron chi connectivity index (χ3n) is 3.60. The topological polar surface area (TPSA) is 81.2 Å². The minimum atomic E-state index is -0.0495. The molecule has 2 rings (SSSR count). The number of nitrogens with one attached hydrogen (secondary N) is 2. The Hall–Kier alpha value is -1.40. The summed E-state index contributed by atoms with van der Waals surface area (Å²) in [6, 6.07) is 0.336. The Balaban J connectivity index is 2.11. The summed E-state index contributed by atoms with van der Waals surface area (Å²) in [5.74, 6) is -0.0495. The summed E-state index contributed by atoms with van der Waals surface area (Å²) in [6.45, 7) is 5.66. The number of aromatic amines is 1. The number of rotatable bonds is 5. The minimum Gasteiger partial charge on any atom is -0.395 e. The number of aliphatic hydroxyl groups is 1. The first-order valence-corrected chi connectivity index (χ1v) is 6.78. The lowest BCUT2D eigenvalue weighted by molar-refractivity contribution is 0.0705. The van der Waals surface area contributed by atoms with Crippen molar-refractivity contribution in [3.05, 3.63) is 17.0 Å². The van der Waals surface area contributed by atoms with E-state index in [0.29, 0.717) is 30.4 Å². The highest BCUT2D eigenvalue weighted by atomic mass is 16.3. The van der Waals surface area contributed by atoms with E-state index in [0.717, 1.165) is 25.1 Å². The van der Waals surface area contributed by atoms with Crippen LogP contribution in [0.15, 0.2) is 0 Å². The Bertz CT molecular complexity index is 418. The van der Waals surface area contributed by atoms with Crippen molar-refractivity contribution in [2.75, 3.05) is 26.2 Å². The average molecular weight is 266 g/mol. The van der Waals surface area contributed by atoms with Crippen LogP contribution in [0.5, 0.6) is 0 Å². The highest BCUT2D eigenvalue weighted by Crippen LogP contribution is 2.14. The number of carbonyl (C=O) groups excluding carboxylic acids is 1. The van der Waals surface area contributed by atoms with E-state index in [9.17, 15) is 4.79 Å². The van der Waals surface area contributed by atoms with E-state index < -0.39 is 0 Å². The average Bonchev–Trinajstić information content (AvgIpc) is 2.99. The fourth-order valence-electron chi connectivity index (χ4n) is 2.60. The zero-order valence-corrected chi connectivity index (χ0v) is 11.6. The number of aliphatic hydroxyl groups excluding tert-OH is 1. The van der Waals surface area contributed by atoms with E-state index in [4.69, 9.17) is 5.11 Å². The third-order valence-corrected chi connectivity index (χ3v) is 3.60. The number of hydrogen-bond donors (Lipinski definition) is 3. The van der Waals surface area contributed by atoms with Gasteiger partial charge in [0.2, 0.25) is 0 Å². The van der Waals surface area contributed by atoms with E-state index in [1.807, 2.05) is 13.8 Å². The lowest BCUT2D eigenvalue weighted by Crippen LogP contribution is -2.42. The molecule has 0 aliphatic carbocycles. The van der Waals surface area contributed by atoms with Crippen LogP contribution in [0.4, 0.5) is 0 Å². The molecule has 1 aromatic heterocycles. The van der Waals surface area contributed by atoms with E-state index in [-0.39, 0.29) is 12.5 Å². The number of H-pyrrole nitrogens is 1. The molecule has 1 fully saturated rings. The highest BCUT2D eigenvalue weighted by Gasteiger charge is 2.25. The summed E-state index contributed by atoms with van der Waals surface area (Å²) in [4.78, 5) is 14.3. The number of aromatic nitrogens is 2. The molecule has 19 heavy (non-hydrogen) atoms. The standard InChI is InChI=1S/C13H22N4O2/c1-9-12(10(2)16-15-9)13(19)17(6-7-18)8-11-4-3-5-14-11/h11,14,18H,3-8H2,1-2H3,(H,15,16). The van der Waals surface area contributed by atoms with Crippen molar-refractivity contribution in [3.63, 3.8) is 0 Å². The molecule has 106 valence electrons. The Morgan fingerprint density at radius 1 is 1.53 bits per heavy atom. The molecular formula is C13H22N4O2. The summed E-state index contributed by atoms with van der Waals surface area (Å²) in [5, 5.41) is 19.4. The molecule has 6 heteroatoms. The second-order valence-corrected chi connectivity index (χ2v) is 5.08. The predicted molar refractivity (Wildman–Crippen MR) is 72.1 cm³/mol. The lowest BCUT2D eigenvalue weighted by Gasteiger charge is -2.25. The Morgan fingerprint density at radius 3 is 2.84 bits per heavy atom. The molecule has 1 aliphatic rings. The highest BCUT2D eigenvalue weighted by molar-refractivity contribution is 5.96. The van der Waals surface area contributed by atoms with Gasteiger partial charge in [-0.2, -0.15) is 5.10 Å².